The Labute approximate surface area is 102 Å². The lowest BCUT2D eigenvalue weighted by Gasteiger charge is -2.16. The van der Waals surface area contributed by atoms with Crippen molar-refractivity contribution in [3.8, 4) is 6.07 Å². The van der Waals surface area contributed by atoms with Gasteiger partial charge in [-0.1, -0.05) is 0 Å². The maximum absolute atomic E-state index is 9.05. The zero-order chi connectivity index (χ0) is 11.9. The maximum Gasteiger partial charge on any atom is 0.144 e. The summed E-state index contributed by atoms with van der Waals surface area (Å²) in [5.41, 5.74) is 2.16. The molecule has 3 rings (SSSR count). The van der Waals surface area contributed by atoms with Crippen molar-refractivity contribution in [2.45, 2.75) is 32.6 Å². The predicted octanol–water partition coefficient (Wildman–Crippen LogP) is 2.86. The number of aromatic nitrogens is 1. The van der Waals surface area contributed by atoms with Gasteiger partial charge in [0.1, 0.15) is 11.9 Å². The molecule has 0 atom stereocenters. The van der Waals surface area contributed by atoms with Gasteiger partial charge in [0.15, 0.2) is 0 Å². The van der Waals surface area contributed by atoms with E-state index in [2.05, 4.69) is 16.4 Å². The van der Waals surface area contributed by atoms with Crippen LogP contribution in [0, 0.1) is 29.6 Å². The van der Waals surface area contributed by atoms with Gasteiger partial charge in [-0.25, -0.2) is 4.98 Å². The van der Waals surface area contributed by atoms with Gasteiger partial charge in [-0.05, 0) is 56.1 Å². The molecule has 1 aromatic heterocycles. The molecule has 0 radical (unpaired) electrons. The highest BCUT2D eigenvalue weighted by atomic mass is 15.0. The number of hydrogen-bond donors (Lipinski definition) is 1. The standard InChI is InChI=1S/C14H17N3/c1-10-2-3-11(8-15)13(17-10)16-9-14(6-7-14)12-4-5-12/h2-3,12H,4-7,9H2,1H3,(H,16,17). The Morgan fingerprint density at radius 1 is 1.47 bits per heavy atom. The fraction of sp³-hybridized carbons (Fsp3) is 0.571. The van der Waals surface area contributed by atoms with Crippen molar-refractivity contribution in [2.75, 3.05) is 11.9 Å². The Hall–Kier alpha value is -1.56. The quantitative estimate of drug-likeness (QED) is 0.860. The average molecular weight is 227 g/mol. The Bertz CT molecular complexity index is 479. The fourth-order valence-corrected chi connectivity index (χ4v) is 2.63. The summed E-state index contributed by atoms with van der Waals surface area (Å²) >= 11 is 0. The van der Waals surface area contributed by atoms with E-state index in [-0.39, 0.29) is 0 Å². The highest BCUT2D eigenvalue weighted by Crippen LogP contribution is 2.61. The molecular formula is C14H17N3. The van der Waals surface area contributed by atoms with Crippen LogP contribution in [0.5, 0.6) is 0 Å². The van der Waals surface area contributed by atoms with Gasteiger partial charge >= 0.3 is 0 Å². The van der Waals surface area contributed by atoms with Gasteiger partial charge in [0, 0.05) is 12.2 Å². The van der Waals surface area contributed by atoms with Gasteiger partial charge in [-0.3, -0.25) is 0 Å². The first kappa shape index (κ1) is 10.6. The number of nitrogens with zero attached hydrogens (tertiary/aromatic N) is 2. The molecular weight excluding hydrogens is 210 g/mol. The lowest BCUT2D eigenvalue weighted by molar-refractivity contribution is 0.466. The number of hydrogen-bond acceptors (Lipinski definition) is 3. The van der Waals surface area contributed by atoms with E-state index >= 15 is 0 Å². The van der Waals surface area contributed by atoms with Gasteiger partial charge in [-0.2, -0.15) is 5.26 Å². The van der Waals surface area contributed by atoms with E-state index in [1.54, 1.807) is 0 Å². The van der Waals surface area contributed by atoms with E-state index in [1.807, 2.05) is 19.1 Å². The molecule has 1 aromatic rings. The summed E-state index contributed by atoms with van der Waals surface area (Å²) in [4.78, 5) is 4.42. The number of nitriles is 1. The predicted molar refractivity (Wildman–Crippen MR) is 66.6 cm³/mol. The lowest BCUT2D eigenvalue weighted by atomic mass is 10.0. The third-order valence-electron chi connectivity index (χ3n) is 4.10. The van der Waals surface area contributed by atoms with E-state index in [9.17, 15) is 0 Å². The van der Waals surface area contributed by atoms with Crippen LogP contribution in [0.2, 0.25) is 0 Å². The molecule has 2 fully saturated rings. The summed E-state index contributed by atoms with van der Waals surface area (Å²) in [6.07, 6.45) is 5.48. The molecule has 88 valence electrons. The Kier molecular flexibility index (Phi) is 2.32. The molecule has 1 heterocycles. The Balaban J connectivity index is 1.72. The molecule has 0 aromatic carbocycles. The number of rotatable bonds is 4. The topological polar surface area (TPSA) is 48.7 Å². The van der Waals surface area contributed by atoms with Crippen LogP contribution in [0.1, 0.15) is 36.9 Å². The monoisotopic (exact) mass is 227 g/mol. The summed E-state index contributed by atoms with van der Waals surface area (Å²) in [5.74, 6) is 1.70. The molecule has 0 spiro atoms. The molecule has 17 heavy (non-hydrogen) atoms. The largest absolute Gasteiger partial charge is 0.368 e. The Morgan fingerprint density at radius 2 is 2.24 bits per heavy atom. The summed E-state index contributed by atoms with van der Waals surface area (Å²) in [6, 6.07) is 5.93. The van der Waals surface area contributed by atoms with Crippen molar-refractivity contribution in [3.63, 3.8) is 0 Å². The SMILES string of the molecule is Cc1ccc(C#N)c(NCC2(C3CC3)CC2)n1. The summed E-state index contributed by atoms with van der Waals surface area (Å²) < 4.78 is 0. The minimum atomic E-state index is 0.540. The van der Waals surface area contributed by atoms with E-state index in [0.29, 0.717) is 11.0 Å². The van der Waals surface area contributed by atoms with Crippen LogP contribution >= 0.6 is 0 Å². The fourth-order valence-electron chi connectivity index (χ4n) is 2.63. The van der Waals surface area contributed by atoms with Crippen LogP contribution in [0.4, 0.5) is 5.82 Å². The second-order valence-electron chi connectivity index (χ2n) is 5.45. The Morgan fingerprint density at radius 3 is 2.82 bits per heavy atom. The van der Waals surface area contributed by atoms with E-state index < -0.39 is 0 Å². The summed E-state index contributed by atoms with van der Waals surface area (Å²) in [7, 11) is 0. The van der Waals surface area contributed by atoms with Crippen molar-refractivity contribution in [3.05, 3.63) is 23.4 Å². The normalized spacial score (nSPS) is 20.7. The molecule has 0 unspecified atom stereocenters. The van der Waals surface area contributed by atoms with E-state index in [0.717, 1.165) is 24.0 Å². The minimum Gasteiger partial charge on any atom is -0.368 e. The first-order valence-electron chi connectivity index (χ1n) is 6.35. The van der Waals surface area contributed by atoms with Crippen molar-refractivity contribution in [2.24, 2.45) is 11.3 Å². The lowest BCUT2D eigenvalue weighted by Crippen LogP contribution is -2.18. The van der Waals surface area contributed by atoms with E-state index in [4.69, 9.17) is 5.26 Å². The molecule has 3 nitrogen and oxygen atoms in total. The molecule has 2 aliphatic carbocycles. The third-order valence-corrected chi connectivity index (χ3v) is 4.10. The number of nitrogens with one attached hydrogen (secondary N) is 1. The average Bonchev–Trinajstić information content (AvgIpc) is 3.17. The highest BCUT2D eigenvalue weighted by molar-refractivity contribution is 5.52. The summed E-state index contributed by atoms with van der Waals surface area (Å²) in [6.45, 7) is 2.95. The first-order chi connectivity index (χ1) is 8.23. The highest BCUT2D eigenvalue weighted by Gasteiger charge is 2.53. The van der Waals surface area contributed by atoms with Gasteiger partial charge in [0.25, 0.3) is 0 Å². The second kappa shape index (κ2) is 3.73. The van der Waals surface area contributed by atoms with Crippen LogP contribution in [0.25, 0.3) is 0 Å². The van der Waals surface area contributed by atoms with Gasteiger partial charge < -0.3 is 5.32 Å². The molecule has 0 saturated heterocycles. The van der Waals surface area contributed by atoms with Crippen LogP contribution in [0.3, 0.4) is 0 Å². The zero-order valence-corrected chi connectivity index (χ0v) is 10.2. The minimum absolute atomic E-state index is 0.540. The molecule has 3 heteroatoms. The summed E-state index contributed by atoms with van der Waals surface area (Å²) in [5, 5.41) is 12.4. The number of anilines is 1. The molecule has 0 bridgehead atoms. The molecule has 1 N–H and O–H groups in total. The number of pyridine rings is 1. The first-order valence-corrected chi connectivity index (χ1v) is 6.35. The smallest absolute Gasteiger partial charge is 0.144 e. The van der Waals surface area contributed by atoms with Crippen LogP contribution in [0.15, 0.2) is 12.1 Å². The van der Waals surface area contributed by atoms with Gasteiger partial charge in [0.2, 0.25) is 0 Å². The van der Waals surface area contributed by atoms with Crippen molar-refractivity contribution >= 4 is 5.82 Å². The maximum atomic E-state index is 9.05. The van der Waals surface area contributed by atoms with E-state index in [1.165, 1.54) is 25.7 Å². The second-order valence-corrected chi connectivity index (χ2v) is 5.45. The van der Waals surface area contributed by atoms with Crippen molar-refractivity contribution < 1.29 is 0 Å². The van der Waals surface area contributed by atoms with Crippen LogP contribution in [-0.4, -0.2) is 11.5 Å². The molecule has 2 aliphatic rings. The third kappa shape index (κ3) is 2.00. The zero-order valence-electron chi connectivity index (χ0n) is 10.2. The molecule has 0 aliphatic heterocycles. The molecule has 2 saturated carbocycles. The van der Waals surface area contributed by atoms with Crippen molar-refractivity contribution in [1.82, 2.24) is 4.98 Å². The van der Waals surface area contributed by atoms with Crippen molar-refractivity contribution in [1.29, 1.82) is 5.26 Å². The van der Waals surface area contributed by atoms with Crippen LogP contribution < -0.4 is 5.32 Å². The van der Waals surface area contributed by atoms with Gasteiger partial charge in [-0.15, -0.1) is 0 Å². The van der Waals surface area contributed by atoms with Crippen LogP contribution in [-0.2, 0) is 0 Å². The molecule has 0 amide bonds. The van der Waals surface area contributed by atoms with Gasteiger partial charge in [0.05, 0.1) is 5.56 Å². The number of aryl methyl sites for hydroxylation is 1.